The van der Waals surface area contributed by atoms with Crippen molar-refractivity contribution in [2.75, 3.05) is 49.6 Å². The maximum atomic E-state index is 14.2. The smallest absolute Gasteiger partial charge is 0.416 e. The van der Waals surface area contributed by atoms with E-state index in [4.69, 9.17) is 16.3 Å². The third kappa shape index (κ3) is 6.38. The molecular weight excluding hydrogens is 695 g/mol. The van der Waals surface area contributed by atoms with Gasteiger partial charge < -0.3 is 29.5 Å². The lowest BCUT2D eigenvalue weighted by Crippen LogP contribution is -2.51. The van der Waals surface area contributed by atoms with Crippen molar-refractivity contribution in [2.24, 2.45) is 0 Å². The van der Waals surface area contributed by atoms with Crippen molar-refractivity contribution in [1.82, 2.24) is 33.7 Å². The molecule has 0 aliphatic carbocycles. The van der Waals surface area contributed by atoms with Gasteiger partial charge in [0.25, 0.3) is 11.5 Å². The average molecular weight is 726 g/mol. The van der Waals surface area contributed by atoms with Crippen molar-refractivity contribution < 1.29 is 32.6 Å². The second kappa shape index (κ2) is 13.4. The van der Waals surface area contributed by atoms with Crippen molar-refractivity contribution in [2.45, 2.75) is 32.5 Å². The molecule has 14 nitrogen and oxygen atoms in total. The van der Waals surface area contributed by atoms with Crippen molar-refractivity contribution in [3.8, 4) is 5.88 Å². The highest BCUT2D eigenvalue weighted by Crippen LogP contribution is 2.34. The van der Waals surface area contributed by atoms with Gasteiger partial charge in [0.1, 0.15) is 17.8 Å². The molecular formula is C33H31ClF3N9O5. The molecule has 0 bridgehead atoms. The zero-order valence-electron chi connectivity index (χ0n) is 27.2. The fraction of sp³-hybridized carbons (Fsp3) is 0.333. The SMILES string of the molecule is CCc1c(N2CCN(C(=O)c3c(O)nn4ccccc34)CC2)c(=O)n2nc(C3=CCOCC3)nc2n1CC(=O)Nc1ccc(C(F)(F)F)cc1Cl. The molecule has 266 valence electrons. The van der Waals surface area contributed by atoms with E-state index < -0.39 is 29.1 Å². The number of anilines is 2. The number of ether oxygens (including phenoxy) is 1. The number of aromatic hydroxyl groups is 1. The number of carbonyl (C=O) groups excluding carboxylic acids is 2. The van der Waals surface area contributed by atoms with Gasteiger partial charge in [0.2, 0.25) is 17.6 Å². The molecule has 18 heteroatoms. The topological polar surface area (TPSA) is 152 Å². The number of hydrogen-bond donors (Lipinski definition) is 2. The normalized spacial score (nSPS) is 15.4. The summed E-state index contributed by atoms with van der Waals surface area (Å²) >= 11 is 6.12. The first-order valence-electron chi connectivity index (χ1n) is 16.1. The Hall–Kier alpha value is -5.42. The summed E-state index contributed by atoms with van der Waals surface area (Å²) in [5.41, 5.74) is 0.629. The average Bonchev–Trinajstić information content (AvgIpc) is 3.71. The minimum atomic E-state index is -4.61. The number of alkyl halides is 3. The quantitative estimate of drug-likeness (QED) is 0.255. The molecule has 5 aromatic rings. The minimum Gasteiger partial charge on any atom is -0.492 e. The lowest BCUT2D eigenvalue weighted by atomic mass is 10.1. The highest BCUT2D eigenvalue weighted by molar-refractivity contribution is 6.33. The largest absolute Gasteiger partial charge is 0.492 e. The van der Waals surface area contributed by atoms with E-state index in [-0.39, 0.29) is 66.3 Å². The standard InChI is InChI=1S/C33H31ClF3N9O5/c1-2-23-27(42-11-13-43(14-12-42)30(49)26-24-5-3-4-10-45(24)41-29(26)48)31(50)46-32(39-28(40-46)19-8-15-51-16-9-19)44(23)18-25(47)38-22-7-6-20(17-21(22)34)33(35,36)37/h3-8,10,17H,2,9,11-16,18H2,1H3,(H,38,47)(H,41,48). The van der Waals surface area contributed by atoms with Gasteiger partial charge in [-0.2, -0.15) is 22.7 Å². The second-order valence-electron chi connectivity index (χ2n) is 12.0. The van der Waals surface area contributed by atoms with Gasteiger partial charge in [0, 0.05) is 32.4 Å². The van der Waals surface area contributed by atoms with Crippen LogP contribution in [0.1, 0.15) is 40.8 Å². The molecule has 0 spiro atoms. The zero-order valence-corrected chi connectivity index (χ0v) is 27.9. The molecule has 1 saturated heterocycles. The Kier molecular flexibility index (Phi) is 8.93. The van der Waals surface area contributed by atoms with Crippen LogP contribution >= 0.6 is 11.6 Å². The number of aromatic nitrogens is 6. The maximum absolute atomic E-state index is 14.2. The van der Waals surface area contributed by atoms with E-state index in [2.05, 4.69) is 20.5 Å². The van der Waals surface area contributed by atoms with Crippen LogP contribution in [-0.4, -0.2) is 90.0 Å². The van der Waals surface area contributed by atoms with Gasteiger partial charge in [-0.15, -0.1) is 10.2 Å². The molecule has 51 heavy (non-hydrogen) atoms. The van der Waals surface area contributed by atoms with Gasteiger partial charge >= 0.3 is 6.18 Å². The molecule has 7 rings (SSSR count). The first-order valence-corrected chi connectivity index (χ1v) is 16.5. The van der Waals surface area contributed by atoms with Gasteiger partial charge in [-0.25, -0.2) is 4.52 Å². The number of nitrogens with zero attached hydrogens (tertiary/aromatic N) is 8. The van der Waals surface area contributed by atoms with Crippen LogP contribution in [0.5, 0.6) is 5.88 Å². The van der Waals surface area contributed by atoms with Crippen molar-refractivity contribution >= 4 is 51.7 Å². The lowest BCUT2D eigenvalue weighted by molar-refractivity contribution is -0.137. The van der Waals surface area contributed by atoms with Crippen LogP contribution in [0, 0.1) is 0 Å². The van der Waals surface area contributed by atoms with Crippen LogP contribution in [-0.2, 0) is 28.7 Å². The van der Waals surface area contributed by atoms with Crippen molar-refractivity contribution in [1.29, 1.82) is 0 Å². The molecule has 1 aromatic carbocycles. The van der Waals surface area contributed by atoms with Crippen molar-refractivity contribution in [3.63, 3.8) is 0 Å². The summed E-state index contributed by atoms with van der Waals surface area (Å²) in [4.78, 5) is 49.3. The number of rotatable bonds is 7. The van der Waals surface area contributed by atoms with Gasteiger partial charge in [0.05, 0.1) is 40.7 Å². The summed E-state index contributed by atoms with van der Waals surface area (Å²) in [6, 6.07) is 7.79. The summed E-state index contributed by atoms with van der Waals surface area (Å²) in [6.45, 7) is 3.17. The second-order valence-corrected chi connectivity index (χ2v) is 12.4. The zero-order chi connectivity index (χ0) is 36.0. The molecule has 4 aromatic heterocycles. The first-order chi connectivity index (χ1) is 24.4. The van der Waals surface area contributed by atoms with Gasteiger partial charge in [-0.3, -0.25) is 14.4 Å². The fourth-order valence-electron chi connectivity index (χ4n) is 6.40. The van der Waals surface area contributed by atoms with Gasteiger partial charge in [0.15, 0.2) is 5.82 Å². The summed E-state index contributed by atoms with van der Waals surface area (Å²) in [5, 5.41) is 21.3. The molecule has 0 atom stereocenters. The summed E-state index contributed by atoms with van der Waals surface area (Å²) in [5.74, 6) is -0.998. The van der Waals surface area contributed by atoms with E-state index in [9.17, 15) is 32.7 Å². The van der Waals surface area contributed by atoms with Crippen LogP contribution in [0.4, 0.5) is 24.5 Å². The predicted molar refractivity (Wildman–Crippen MR) is 180 cm³/mol. The molecule has 2 N–H and O–H groups in total. The molecule has 2 aliphatic rings. The number of carbonyl (C=O) groups is 2. The molecule has 1 fully saturated rings. The minimum absolute atomic E-state index is 0.0162. The number of nitrogens with one attached hydrogen (secondary N) is 1. The number of benzene rings is 1. The third-order valence-corrected chi connectivity index (χ3v) is 9.21. The van der Waals surface area contributed by atoms with E-state index in [1.807, 2.05) is 17.9 Å². The van der Waals surface area contributed by atoms with E-state index >= 15 is 0 Å². The fourth-order valence-corrected chi connectivity index (χ4v) is 6.63. The summed E-state index contributed by atoms with van der Waals surface area (Å²) < 4.78 is 49.2. The van der Waals surface area contributed by atoms with E-state index in [1.54, 1.807) is 33.9 Å². The number of amides is 2. The summed E-state index contributed by atoms with van der Waals surface area (Å²) in [7, 11) is 0. The molecule has 0 radical (unpaired) electrons. The number of halogens is 4. The van der Waals surface area contributed by atoms with Crippen LogP contribution in [0.3, 0.4) is 0 Å². The van der Waals surface area contributed by atoms with Crippen molar-refractivity contribution in [3.05, 3.63) is 86.7 Å². The van der Waals surface area contributed by atoms with Crippen LogP contribution < -0.4 is 15.8 Å². The van der Waals surface area contributed by atoms with E-state index in [1.165, 1.54) is 4.52 Å². The monoisotopic (exact) mass is 725 g/mol. The number of piperazine rings is 1. The highest BCUT2D eigenvalue weighted by atomic mass is 35.5. The lowest BCUT2D eigenvalue weighted by Gasteiger charge is -2.36. The number of pyridine rings is 1. The molecule has 0 saturated carbocycles. The molecule has 2 amide bonds. The Labute approximate surface area is 292 Å². The van der Waals surface area contributed by atoms with E-state index in [0.29, 0.717) is 43.1 Å². The summed E-state index contributed by atoms with van der Waals surface area (Å²) in [6.07, 6.45) is -0.344. The molecule has 0 unspecified atom stereocenters. The highest BCUT2D eigenvalue weighted by Gasteiger charge is 2.33. The Morgan fingerprint density at radius 1 is 1.10 bits per heavy atom. The van der Waals surface area contributed by atoms with E-state index in [0.717, 1.165) is 28.3 Å². The van der Waals surface area contributed by atoms with Gasteiger partial charge in [-0.05, 0) is 48.7 Å². The Balaban J connectivity index is 1.22. The van der Waals surface area contributed by atoms with Crippen LogP contribution in [0.15, 0.2) is 53.5 Å². The van der Waals surface area contributed by atoms with Crippen LogP contribution in [0.2, 0.25) is 5.02 Å². The Morgan fingerprint density at radius 3 is 2.57 bits per heavy atom. The predicted octanol–water partition coefficient (Wildman–Crippen LogP) is 3.88. The Morgan fingerprint density at radius 2 is 1.88 bits per heavy atom. The molecule has 2 aliphatic heterocycles. The maximum Gasteiger partial charge on any atom is 0.416 e. The number of fused-ring (bicyclic) bond motifs is 2. The third-order valence-electron chi connectivity index (χ3n) is 8.90. The van der Waals surface area contributed by atoms with Gasteiger partial charge in [-0.1, -0.05) is 30.7 Å². The van der Waals surface area contributed by atoms with Crippen LogP contribution in [0.25, 0.3) is 16.9 Å². The first kappa shape index (κ1) is 34.0. The number of hydrogen-bond acceptors (Lipinski definition) is 9. The molecule has 6 heterocycles. The Bertz CT molecular complexity index is 2270.